The number of thiol groups is 1. The molecule has 1 aromatic rings. The molecule has 0 heterocycles. The third-order valence-corrected chi connectivity index (χ3v) is 2.73. The molecule has 0 bridgehead atoms. The average Bonchev–Trinajstić information content (AvgIpc) is 2.07. The van der Waals surface area contributed by atoms with Gasteiger partial charge in [0.25, 0.3) is 0 Å². The van der Waals surface area contributed by atoms with Crippen molar-refractivity contribution in [2.75, 3.05) is 0 Å². The fourth-order valence-electron chi connectivity index (χ4n) is 1.38. The van der Waals surface area contributed by atoms with Crippen LogP contribution in [0.2, 0.25) is 0 Å². The van der Waals surface area contributed by atoms with Gasteiger partial charge in [-0.25, -0.2) is 0 Å². The molecule has 0 atom stereocenters. The van der Waals surface area contributed by atoms with Crippen molar-refractivity contribution in [2.45, 2.75) is 18.1 Å². The van der Waals surface area contributed by atoms with E-state index in [-0.39, 0.29) is 67.4 Å². The van der Waals surface area contributed by atoms with Gasteiger partial charge in [-0.1, -0.05) is 15.8 Å². The summed E-state index contributed by atoms with van der Waals surface area (Å²) >= 11 is 3.81. The Kier molecular flexibility index (Phi) is 7.42. The van der Waals surface area contributed by atoms with Crippen molar-refractivity contribution < 1.29 is 80.8 Å². The van der Waals surface area contributed by atoms with Crippen molar-refractivity contribution in [1.82, 2.24) is 0 Å². The van der Waals surface area contributed by atoms with Gasteiger partial charge in [-0.05, 0) is 24.6 Å². The maximum atomic E-state index is 12.4. The smallest absolute Gasteiger partial charge is 0.449 e. The predicted octanol–water partition coefficient (Wildman–Crippen LogP) is -0.190. The van der Waals surface area contributed by atoms with Gasteiger partial charge in [-0.2, -0.15) is 8.42 Å². The maximum Gasteiger partial charge on any atom is 1.00 e. The van der Waals surface area contributed by atoms with E-state index in [1.807, 2.05) is 0 Å². The van der Waals surface area contributed by atoms with Crippen LogP contribution in [0.1, 0.15) is 11.1 Å². The molecule has 0 radical (unpaired) electrons. The number of hydrogen-bond donors (Lipinski definition) is 1. The van der Waals surface area contributed by atoms with Crippen molar-refractivity contribution in [3.8, 4) is 5.75 Å². The van der Waals surface area contributed by atoms with Crippen LogP contribution in [0.25, 0.3) is 0 Å². The van der Waals surface area contributed by atoms with E-state index < -0.39 is 29.6 Å². The molecule has 0 amide bonds. The zero-order valence-corrected chi connectivity index (χ0v) is 14.9. The van der Waals surface area contributed by atoms with Crippen LogP contribution < -0.4 is 55.6 Å². The second-order valence-electron chi connectivity index (χ2n) is 3.62. The van der Waals surface area contributed by atoms with E-state index in [1.165, 1.54) is 6.92 Å². The molecule has 19 heavy (non-hydrogen) atoms. The fraction of sp³-hybridized carbons (Fsp3) is 0.250. The standard InChI is InChI=1S/C8H8BF4O3S2.K/c1-5-6(4-9(10,11)12)2-7(17)3-8(5)16-18(13,14)15;/h2-3,17H,4H2,1H3;/q-1;+1. The number of rotatable bonds is 4. The van der Waals surface area contributed by atoms with Crippen LogP contribution in [0, 0.1) is 6.92 Å². The maximum absolute atomic E-state index is 12.4. The molecule has 0 unspecified atom stereocenters. The molecule has 0 fully saturated rings. The predicted molar refractivity (Wildman–Crippen MR) is 61.9 cm³/mol. The molecule has 102 valence electrons. The van der Waals surface area contributed by atoms with Gasteiger partial charge in [0.15, 0.2) is 0 Å². The van der Waals surface area contributed by atoms with Crippen molar-refractivity contribution in [1.29, 1.82) is 0 Å². The summed E-state index contributed by atoms with van der Waals surface area (Å²) in [6.45, 7) is -3.89. The Labute approximate surface area is 156 Å². The number of benzene rings is 1. The molecule has 3 nitrogen and oxygen atoms in total. The molecule has 0 aliphatic carbocycles. The normalized spacial score (nSPS) is 11.9. The summed E-state index contributed by atoms with van der Waals surface area (Å²) in [6, 6.07) is 2.16. The average molecular weight is 342 g/mol. The van der Waals surface area contributed by atoms with E-state index in [0.717, 1.165) is 12.1 Å². The summed E-state index contributed by atoms with van der Waals surface area (Å²) in [5.41, 5.74) is -0.290. The second-order valence-corrected chi connectivity index (χ2v) is 5.09. The van der Waals surface area contributed by atoms with Gasteiger partial charge in [0.05, 0.1) is 0 Å². The summed E-state index contributed by atoms with van der Waals surface area (Å²) in [7, 11) is -5.29. The Bertz CT molecular complexity index is 562. The zero-order chi connectivity index (χ0) is 14.1. The quantitative estimate of drug-likeness (QED) is 0.357. The molecule has 1 aromatic carbocycles. The monoisotopic (exact) mass is 342 g/mol. The van der Waals surface area contributed by atoms with Crippen molar-refractivity contribution in [2.24, 2.45) is 0 Å². The first-order valence-corrected chi connectivity index (χ1v) is 6.41. The Hall–Kier alpha value is 0.741. The van der Waals surface area contributed by atoms with Gasteiger partial charge >= 0.3 is 68.9 Å². The minimum absolute atomic E-state index is 0. The molecular weight excluding hydrogens is 334 g/mol. The van der Waals surface area contributed by atoms with Crippen LogP contribution in [0.4, 0.5) is 16.8 Å². The first-order chi connectivity index (χ1) is 7.98. The summed E-state index contributed by atoms with van der Waals surface area (Å²) in [5, 5.41) is 0. The minimum Gasteiger partial charge on any atom is -0.449 e. The summed E-state index contributed by atoms with van der Waals surface area (Å²) in [5.74, 6) is -0.500. The van der Waals surface area contributed by atoms with Gasteiger partial charge in [0, 0.05) is 4.90 Å². The second kappa shape index (κ2) is 7.14. The molecule has 0 aromatic heterocycles. The fourth-order valence-corrected chi connectivity index (χ4v) is 2.05. The van der Waals surface area contributed by atoms with E-state index in [2.05, 4.69) is 16.8 Å². The van der Waals surface area contributed by atoms with Crippen LogP contribution >= 0.6 is 12.6 Å². The Morgan fingerprint density at radius 3 is 2.26 bits per heavy atom. The molecular formula is C8H8BF4KO3S2. The SMILES string of the molecule is Cc1c(C[B-](F)(F)F)cc(S)cc1OS(=O)(=O)F.[K+]. The molecule has 0 N–H and O–H groups in total. The van der Waals surface area contributed by atoms with E-state index in [9.17, 15) is 25.3 Å². The summed E-state index contributed by atoms with van der Waals surface area (Å²) in [4.78, 5) is 0.0503. The van der Waals surface area contributed by atoms with Crippen LogP contribution in [0.15, 0.2) is 17.0 Å². The Morgan fingerprint density at radius 2 is 1.84 bits per heavy atom. The van der Waals surface area contributed by atoms with E-state index in [1.54, 1.807) is 0 Å². The van der Waals surface area contributed by atoms with E-state index in [4.69, 9.17) is 0 Å². The van der Waals surface area contributed by atoms with Crippen LogP contribution in [0.3, 0.4) is 0 Å². The van der Waals surface area contributed by atoms with Crippen molar-refractivity contribution in [3.63, 3.8) is 0 Å². The number of halogens is 4. The molecule has 1 rings (SSSR count). The zero-order valence-electron chi connectivity index (χ0n) is 10.0. The molecule has 0 aliphatic heterocycles. The minimum atomic E-state index is -5.29. The largest absolute Gasteiger partial charge is 1.00 e. The van der Waals surface area contributed by atoms with E-state index in [0.29, 0.717) is 0 Å². The molecule has 0 saturated carbocycles. The van der Waals surface area contributed by atoms with Crippen molar-refractivity contribution in [3.05, 3.63) is 23.3 Å². The topological polar surface area (TPSA) is 43.4 Å². The Balaban J connectivity index is 0.00000324. The van der Waals surface area contributed by atoms with Crippen LogP contribution in [0.5, 0.6) is 5.75 Å². The first-order valence-electron chi connectivity index (χ1n) is 4.65. The molecule has 0 saturated heterocycles. The molecule has 0 spiro atoms. The molecule has 0 aliphatic rings. The van der Waals surface area contributed by atoms with Gasteiger partial charge in [0.2, 0.25) is 0 Å². The number of hydrogen-bond acceptors (Lipinski definition) is 4. The Morgan fingerprint density at radius 1 is 1.32 bits per heavy atom. The molecule has 11 heteroatoms. The van der Waals surface area contributed by atoms with Crippen LogP contribution in [-0.2, 0) is 16.8 Å². The summed E-state index contributed by atoms with van der Waals surface area (Å²) in [6.07, 6.45) is -1.22. The van der Waals surface area contributed by atoms with Gasteiger partial charge in [-0.3, -0.25) is 0 Å². The van der Waals surface area contributed by atoms with Gasteiger partial charge in [-0.15, -0.1) is 12.6 Å². The van der Waals surface area contributed by atoms with E-state index >= 15 is 0 Å². The van der Waals surface area contributed by atoms with Crippen LogP contribution in [-0.4, -0.2) is 15.4 Å². The van der Waals surface area contributed by atoms with Crippen molar-refractivity contribution >= 4 is 30.1 Å². The third-order valence-electron chi connectivity index (χ3n) is 2.09. The third kappa shape index (κ3) is 7.35. The van der Waals surface area contributed by atoms with Gasteiger partial charge < -0.3 is 17.1 Å². The summed E-state index contributed by atoms with van der Waals surface area (Å²) < 4.78 is 74.0. The van der Waals surface area contributed by atoms with Gasteiger partial charge in [0.1, 0.15) is 5.75 Å². The first kappa shape index (κ1) is 19.7.